The van der Waals surface area contributed by atoms with Crippen molar-refractivity contribution in [2.24, 2.45) is 17.6 Å². The molecule has 1 aliphatic rings. The number of ether oxygens (including phenoxy) is 1. The molecule has 18 heavy (non-hydrogen) atoms. The molecule has 0 aromatic rings. The smallest absolute Gasteiger partial charge is 0.223 e. The van der Waals surface area contributed by atoms with Crippen molar-refractivity contribution >= 4 is 5.91 Å². The Bertz CT molecular complexity index is 226. The first kappa shape index (κ1) is 15.4. The van der Waals surface area contributed by atoms with Gasteiger partial charge in [-0.25, -0.2) is 0 Å². The number of nitrogens with two attached hydrogens (primary N) is 1. The van der Waals surface area contributed by atoms with Crippen LogP contribution in [0.4, 0.5) is 0 Å². The predicted octanol–water partition coefficient (Wildman–Crippen LogP) is 1.68. The van der Waals surface area contributed by atoms with Crippen LogP contribution in [0, 0.1) is 11.8 Å². The summed E-state index contributed by atoms with van der Waals surface area (Å²) in [5.41, 5.74) is 5.65. The Labute approximate surface area is 111 Å². The quantitative estimate of drug-likeness (QED) is 0.649. The Balaban J connectivity index is 2.03. The second-order valence-corrected chi connectivity index (χ2v) is 5.30. The number of carbonyl (C=O) groups is 1. The first-order chi connectivity index (χ1) is 8.77. The molecule has 0 aliphatic heterocycles. The summed E-state index contributed by atoms with van der Waals surface area (Å²) in [6.45, 7) is 2.39. The fourth-order valence-corrected chi connectivity index (χ4v) is 2.56. The maximum atomic E-state index is 11.9. The van der Waals surface area contributed by atoms with E-state index in [2.05, 4.69) is 5.32 Å². The van der Waals surface area contributed by atoms with Crippen molar-refractivity contribution in [2.75, 3.05) is 26.8 Å². The molecule has 0 aromatic heterocycles. The minimum Gasteiger partial charge on any atom is -0.385 e. The summed E-state index contributed by atoms with van der Waals surface area (Å²) in [6, 6.07) is 0. The lowest BCUT2D eigenvalue weighted by atomic mass is 9.81. The zero-order chi connectivity index (χ0) is 13.2. The maximum Gasteiger partial charge on any atom is 0.223 e. The van der Waals surface area contributed by atoms with Crippen LogP contribution in [0.3, 0.4) is 0 Å². The van der Waals surface area contributed by atoms with Crippen LogP contribution in [0.25, 0.3) is 0 Å². The Hall–Kier alpha value is -0.610. The monoisotopic (exact) mass is 256 g/mol. The van der Waals surface area contributed by atoms with E-state index in [1.807, 2.05) is 0 Å². The van der Waals surface area contributed by atoms with Gasteiger partial charge in [-0.05, 0) is 57.4 Å². The fraction of sp³-hybridized carbons (Fsp3) is 0.929. The molecule has 0 atom stereocenters. The predicted molar refractivity (Wildman–Crippen MR) is 73.2 cm³/mol. The van der Waals surface area contributed by atoms with Crippen molar-refractivity contribution < 1.29 is 9.53 Å². The summed E-state index contributed by atoms with van der Waals surface area (Å²) in [5, 5.41) is 3.05. The molecular formula is C14H28N2O2. The van der Waals surface area contributed by atoms with Gasteiger partial charge in [0.1, 0.15) is 0 Å². The van der Waals surface area contributed by atoms with Gasteiger partial charge in [0.2, 0.25) is 5.91 Å². The molecule has 0 unspecified atom stereocenters. The van der Waals surface area contributed by atoms with Gasteiger partial charge < -0.3 is 15.8 Å². The molecule has 0 aromatic carbocycles. The highest BCUT2D eigenvalue weighted by molar-refractivity contribution is 5.78. The van der Waals surface area contributed by atoms with E-state index in [1.165, 1.54) is 0 Å². The van der Waals surface area contributed by atoms with Gasteiger partial charge in [0.15, 0.2) is 0 Å². The van der Waals surface area contributed by atoms with Crippen LogP contribution >= 0.6 is 0 Å². The molecule has 0 heterocycles. The topological polar surface area (TPSA) is 64.3 Å². The number of rotatable bonds is 8. The lowest BCUT2D eigenvalue weighted by Crippen LogP contribution is -2.34. The molecule has 0 spiro atoms. The van der Waals surface area contributed by atoms with Gasteiger partial charge in [-0.1, -0.05) is 0 Å². The lowest BCUT2D eigenvalue weighted by molar-refractivity contribution is -0.126. The van der Waals surface area contributed by atoms with E-state index in [0.29, 0.717) is 5.92 Å². The molecule has 4 heteroatoms. The third kappa shape index (κ3) is 5.83. The minimum absolute atomic E-state index is 0.228. The molecule has 1 fully saturated rings. The molecule has 0 saturated heterocycles. The van der Waals surface area contributed by atoms with Gasteiger partial charge in [0.05, 0.1) is 0 Å². The van der Waals surface area contributed by atoms with Crippen LogP contribution < -0.4 is 11.1 Å². The molecular weight excluding hydrogens is 228 g/mol. The fourth-order valence-electron chi connectivity index (χ4n) is 2.56. The number of unbranched alkanes of at least 4 members (excludes halogenated alkanes) is 2. The number of methoxy groups -OCH3 is 1. The van der Waals surface area contributed by atoms with Crippen molar-refractivity contribution in [3.05, 3.63) is 0 Å². The zero-order valence-electron chi connectivity index (χ0n) is 11.6. The minimum atomic E-state index is 0.228. The number of amides is 1. The molecule has 1 rings (SSSR count). The largest absolute Gasteiger partial charge is 0.385 e. The van der Waals surface area contributed by atoms with E-state index >= 15 is 0 Å². The SMILES string of the molecule is COCCCCCNC(=O)C1CCC(CN)CC1. The van der Waals surface area contributed by atoms with Crippen LogP contribution in [-0.2, 0) is 9.53 Å². The van der Waals surface area contributed by atoms with Crippen molar-refractivity contribution in [1.29, 1.82) is 0 Å². The standard InChI is InChI=1S/C14H28N2O2/c1-18-10-4-2-3-9-16-14(17)13-7-5-12(11-15)6-8-13/h12-13H,2-11,15H2,1H3,(H,16,17). The van der Waals surface area contributed by atoms with Crippen molar-refractivity contribution in [2.45, 2.75) is 44.9 Å². The summed E-state index contributed by atoms with van der Waals surface area (Å²) >= 11 is 0. The number of carbonyl (C=O) groups excluding carboxylic acids is 1. The second-order valence-electron chi connectivity index (χ2n) is 5.30. The summed E-state index contributed by atoms with van der Waals surface area (Å²) < 4.78 is 4.99. The van der Waals surface area contributed by atoms with E-state index < -0.39 is 0 Å². The third-order valence-electron chi connectivity index (χ3n) is 3.88. The van der Waals surface area contributed by atoms with Gasteiger partial charge in [0.25, 0.3) is 0 Å². The Morgan fingerprint density at radius 2 is 1.94 bits per heavy atom. The molecule has 4 nitrogen and oxygen atoms in total. The number of nitrogens with one attached hydrogen (secondary N) is 1. The van der Waals surface area contributed by atoms with Crippen LogP contribution in [0.5, 0.6) is 0 Å². The molecule has 0 bridgehead atoms. The zero-order valence-corrected chi connectivity index (χ0v) is 11.6. The number of hydrogen-bond donors (Lipinski definition) is 2. The average Bonchev–Trinajstić information content (AvgIpc) is 2.42. The first-order valence-electron chi connectivity index (χ1n) is 7.24. The van der Waals surface area contributed by atoms with E-state index in [9.17, 15) is 4.79 Å². The Morgan fingerprint density at radius 3 is 2.56 bits per heavy atom. The normalized spacial score (nSPS) is 23.9. The van der Waals surface area contributed by atoms with Crippen molar-refractivity contribution in [3.63, 3.8) is 0 Å². The second kappa shape index (κ2) is 9.34. The highest BCUT2D eigenvalue weighted by atomic mass is 16.5. The highest BCUT2D eigenvalue weighted by Gasteiger charge is 2.25. The summed E-state index contributed by atoms with van der Waals surface area (Å²) in [5.74, 6) is 1.12. The lowest BCUT2D eigenvalue weighted by Gasteiger charge is -2.26. The van der Waals surface area contributed by atoms with E-state index in [0.717, 1.165) is 64.6 Å². The molecule has 1 saturated carbocycles. The van der Waals surface area contributed by atoms with Crippen LogP contribution in [-0.4, -0.2) is 32.7 Å². The van der Waals surface area contributed by atoms with Crippen molar-refractivity contribution in [1.82, 2.24) is 5.32 Å². The molecule has 1 aliphatic carbocycles. The maximum absolute atomic E-state index is 11.9. The van der Waals surface area contributed by atoms with Crippen LogP contribution in [0.2, 0.25) is 0 Å². The van der Waals surface area contributed by atoms with E-state index in [4.69, 9.17) is 10.5 Å². The van der Waals surface area contributed by atoms with Gasteiger partial charge in [-0.15, -0.1) is 0 Å². The highest BCUT2D eigenvalue weighted by Crippen LogP contribution is 2.28. The van der Waals surface area contributed by atoms with Gasteiger partial charge >= 0.3 is 0 Å². The Kier molecular flexibility index (Phi) is 8.01. The Morgan fingerprint density at radius 1 is 1.22 bits per heavy atom. The average molecular weight is 256 g/mol. The molecule has 3 N–H and O–H groups in total. The molecule has 1 amide bonds. The van der Waals surface area contributed by atoms with Crippen LogP contribution in [0.15, 0.2) is 0 Å². The molecule has 106 valence electrons. The summed E-state index contributed by atoms with van der Waals surface area (Å²) in [7, 11) is 1.72. The van der Waals surface area contributed by atoms with E-state index in [-0.39, 0.29) is 11.8 Å². The number of hydrogen-bond acceptors (Lipinski definition) is 3. The van der Waals surface area contributed by atoms with Gasteiger partial charge in [0, 0.05) is 26.2 Å². The van der Waals surface area contributed by atoms with Gasteiger partial charge in [-0.3, -0.25) is 4.79 Å². The van der Waals surface area contributed by atoms with Crippen molar-refractivity contribution in [3.8, 4) is 0 Å². The third-order valence-corrected chi connectivity index (χ3v) is 3.88. The summed E-state index contributed by atoms with van der Waals surface area (Å²) in [6.07, 6.45) is 7.49. The summed E-state index contributed by atoms with van der Waals surface area (Å²) in [4.78, 5) is 11.9. The molecule has 0 radical (unpaired) electrons. The first-order valence-corrected chi connectivity index (χ1v) is 7.24. The van der Waals surface area contributed by atoms with E-state index in [1.54, 1.807) is 7.11 Å². The van der Waals surface area contributed by atoms with Crippen LogP contribution in [0.1, 0.15) is 44.9 Å². The van der Waals surface area contributed by atoms with Gasteiger partial charge in [-0.2, -0.15) is 0 Å².